The Labute approximate surface area is 182 Å². The summed E-state index contributed by atoms with van der Waals surface area (Å²) in [5.41, 5.74) is 3.55. The lowest BCUT2D eigenvalue weighted by Crippen LogP contribution is -2.52. The summed E-state index contributed by atoms with van der Waals surface area (Å²) in [6.07, 6.45) is 10.6. The number of benzene rings is 1. The van der Waals surface area contributed by atoms with Crippen LogP contribution in [0.1, 0.15) is 43.7 Å². The van der Waals surface area contributed by atoms with Gasteiger partial charge in [0.25, 0.3) is 0 Å². The monoisotopic (exact) mass is 428 g/mol. The van der Waals surface area contributed by atoms with Crippen molar-refractivity contribution in [1.82, 2.24) is 14.7 Å². The summed E-state index contributed by atoms with van der Waals surface area (Å²) in [5, 5.41) is 26.6. The van der Waals surface area contributed by atoms with Crippen molar-refractivity contribution < 1.29 is 5.11 Å². The Bertz CT molecular complexity index is 918. The van der Waals surface area contributed by atoms with E-state index in [2.05, 4.69) is 26.3 Å². The molecule has 2 atom stereocenters. The zero-order chi connectivity index (χ0) is 20.7. The molecule has 1 aromatic heterocycles. The standard InChI is InChI=1S/C22H29ClN6O/c23-18-10-15(12-24)19(26-16-13-25-29(14-16)17-4-5-17)11-21(18)28-8-6-27(7-9-28)20-2-1-3-22(20)30/h10-14,17,20,22,24,26,30H,1-9H2. The number of aliphatic hydroxyl groups is 1. The Kier molecular flexibility index (Phi) is 5.43. The predicted octanol–water partition coefficient (Wildman–Crippen LogP) is 3.65. The van der Waals surface area contributed by atoms with Crippen molar-refractivity contribution in [2.24, 2.45) is 0 Å². The van der Waals surface area contributed by atoms with Crippen LogP contribution in [-0.2, 0) is 0 Å². The number of nitrogens with zero attached hydrogens (tertiary/aromatic N) is 4. The fourth-order valence-electron chi connectivity index (χ4n) is 4.79. The predicted molar refractivity (Wildman–Crippen MR) is 121 cm³/mol. The second-order valence-electron chi connectivity index (χ2n) is 8.69. The largest absolute Gasteiger partial charge is 0.391 e. The summed E-state index contributed by atoms with van der Waals surface area (Å²) in [5.74, 6) is 0. The van der Waals surface area contributed by atoms with E-state index in [0.717, 1.165) is 68.1 Å². The van der Waals surface area contributed by atoms with Crippen LogP contribution in [0.25, 0.3) is 0 Å². The molecule has 8 heteroatoms. The highest BCUT2D eigenvalue weighted by molar-refractivity contribution is 6.33. The molecule has 7 nitrogen and oxygen atoms in total. The fraction of sp³-hybridized carbons (Fsp3) is 0.545. The highest BCUT2D eigenvalue weighted by atomic mass is 35.5. The minimum Gasteiger partial charge on any atom is -0.391 e. The second kappa shape index (κ2) is 8.21. The normalized spacial score (nSPS) is 24.9. The quantitative estimate of drug-likeness (QED) is 0.612. The molecule has 2 unspecified atom stereocenters. The second-order valence-corrected chi connectivity index (χ2v) is 9.10. The summed E-state index contributed by atoms with van der Waals surface area (Å²) >= 11 is 6.61. The third-order valence-corrected chi connectivity index (χ3v) is 6.95. The van der Waals surface area contributed by atoms with Gasteiger partial charge >= 0.3 is 0 Å². The van der Waals surface area contributed by atoms with Gasteiger partial charge in [-0.15, -0.1) is 0 Å². The Morgan fingerprint density at radius 2 is 1.93 bits per heavy atom. The Morgan fingerprint density at radius 1 is 1.13 bits per heavy atom. The molecule has 0 spiro atoms. The van der Waals surface area contributed by atoms with Crippen LogP contribution >= 0.6 is 11.6 Å². The van der Waals surface area contributed by atoms with Crippen molar-refractivity contribution in [1.29, 1.82) is 5.41 Å². The summed E-state index contributed by atoms with van der Waals surface area (Å²) in [7, 11) is 0. The van der Waals surface area contributed by atoms with Crippen LogP contribution < -0.4 is 10.2 Å². The van der Waals surface area contributed by atoms with E-state index in [0.29, 0.717) is 17.1 Å². The van der Waals surface area contributed by atoms with Crippen molar-refractivity contribution >= 4 is 34.9 Å². The lowest BCUT2D eigenvalue weighted by molar-refractivity contribution is 0.0671. The lowest BCUT2D eigenvalue weighted by atomic mass is 10.1. The average Bonchev–Trinajstić information content (AvgIpc) is 3.36. The van der Waals surface area contributed by atoms with Crippen molar-refractivity contribution in [3.63, 3.8) is 0 Å². The highest BCUT2D eigenvalue weighted by Crippen LogP contribution is 2.37. The van der Waals surface area contributed by atoms with E-state index in [-0.39, 0.29) is 6.10 Å². The summed E-state index contributed by atoms with van der Waals surface area (Å²) in [6.45, 7) is 3.63. The zero-order valence-corrected chi connectivity index (χ0v) is 17.9. The first-order chi connectivity index (χ1) is 14.6. The van der Waals surface area contributed by atoms with Crippen molar-refractivity contribution in [3.8, 4) is 0 Å². The number of halogens is 1. The number of anilines is 3. The molecule has 3 aliphatic rings. The summed E-state index contributed by atoms with van der Waals surface area (Å²) in [4.78, 5) is 4.74. The Balaban J connectivity index is 1.32. The van der Waals surface area contributed by atoms with Gasteiger partial charge in [0.2, 0.25) is 0 Å². The van der Waals surface area contributed by atoms with Gasteiger partial charge in [0.1, 0.15) is 0 Å². The van der Waals surface area contributed by atoms with Gasteiger partial charge in [-0.25, -0.2) is 0 Å². The number of rotatable bonds is 6. The van der Waals surface area contributed by atoms with E-state index in [4.69, 9.17) is 17.0 Å². The number of hydrogen-bond acceptors (Lipinski definition) is 6. The highest BCUT2D eigenvalue weighted by Gasteiger charge is 2.33. The Morgan fingerprint density at radius 3 is 2.60 bits per heavy atom. The molecule has 3 N–H and O–H groups in total. The van der Waals surface area contributed by atoms with Gasteiger partial charge in [0.05, 0.1) is 34.7 Å². The molecule has 1 aliphatic heterocycles. The van der Waals surface area contributed by atoms with Gasteiger partial charge in [-0.05, 0) is 44.2 Å². The van der Waals surface area contributed by atoms with Crippen LogP contribution in [0.2, 0.25) is 5.02 Å². The minimum atomic E-state index is -0.181. The van der Waals surface area contributed by atoms with Crippen LogP contribution in [0.4, 0.5) is 17.1 Å². The molecule has 30 heavy (non-hydrogen) atoms. The maximum Gasteiger partial charge on any atom is 0.0770 e. The molecule has 0 bridgehead atoms. The van der Waals surface area contributed by atoms with E-state index in [1.54, 1.807) is 0 Å². The van der Waals surface area contributed by atoms with Gasteiger partial charge in [0.15, 0.2) is 0 Å². The van der Waals surface area contributed by atoms with Crippen molar-refractivity contribution in [2.75, 3.05) is 36.4 Å². The first-order valence-electron chi connectivity index (χ1n) is 10.9. The fourth-order valence-corrected chi connectivity index (χ4v) is 5.08. The van der Waals surface area contributed by atoms with Crippen LogP contribution in [0, 0.1) is 5.41 Å². The molecule has 5 rings (SSSR count). The maximum absolute atomic E-state index is 10.2. The molecular weight excluding hydrogens is 400 g/mol. The lowest BCUT2D eigenvalue weighted by Gasteiger charge is -2.40. The van der Waals surface area contributed by atoms with Gasteiger partial charge in [-0.1, -0.05) is 11.6 Å². The first kappa shape index (κ1) is 19.8. The van der Waals surface area contributed by atoms with Crippen molar-refractivity contribution in [3.05, 3.63) is 35.1 Å². The SMILES string of the molecule is N=Cc1cc(Cl)c(N2CCN(C3CCCC3O)CC2)cc1Nc1cnn(C2CC2)c1. The number of piperazine rings is 1. The van der Waals surface area contributed by atoms with Crippen molar-refractivity contribution in [2.45, 2.75) is 50.3 Å². The molecule has 2 saturated carbocycles. The Hall–Kier alpha value is -2.09. The van der Waals surface area contributed by atoms with E-state index < -0.39 is 0 Å². The van der Waals surface area contributed by atoms with Gasteiger partial charge in [-0.3, -0.25) is 9.58 Å². The molecule has 1 saturated heterocycles. The molecule has 160 valence electrons. The molecule has 3 fully saturated rings. The first-order valence-corrected chi connectivity index (χ1v) is 11.3. The van der Waals surface area contributed by atoms with Crippen LogP contribution in [0.5, 0.6) is 0 Å². The summed E-state index contributed by atoms with van der Waals surface area (Å²) in [6, 6.07) is 4.77. The van der Waals surface area contributed by atoms with Gasteiger partial charge in [-0.2, -0.15) is 5.10 Å². The smallest absolute Gasteiger partial charge is 0.0770 e. The molecule has 2 aromatic rings. The molecule has 0 amide bonds. The van der Waals surface area contributed by atoms with Crippen LogP contribution in [-0.4, -0.2) is 64.3 Å². The third-order valence-electron chi connectivity index (χ3n) is 6.64. The molecule has 2 heterocycles. The number of nitrogens with one attached hydrogen (secondary N) is 2. The number of aliphatic hydroxyl groups excluding tert-OH is 1. The topological polar surface area (TPSA) is 80.4 Å². The molecule has 2 aliphatic carbocycles. The van der Waals surface area contributed by atoms with E-state index in [1.807, 2.05) is 23.1 Å². The molecule has 0 radical (unpaired) electrons. The number of hydrogen-bond donors (Lipinski definition) is 3. The van der Waals surface area contributed by atoms with E-state index in [9.17, 15) is 5.11 Å². The molecule has 1 aromatic carbocycles. The van der Waals surface area contributed by atoms with E-state index in [1.165, 1.54) is 19.1 Å². The number of aromatic nitrogens is 2. The van der Waals surface area contributed by atoms with Gasteiger partial charge < -0.3 is 20.7 Å². The summed E-state index contributed by atoms with van der Waals surface area (Å²) < 4.78 is 2.01. The zero-order valence-electron chi connectivity index (χ0n) is 17.1. The van der Waals surface area contributed by atoms with E-state index >= 15 is 0 Å². The van der Waals surface area contributed by atoms with Gasteiger partial charge in [0, 0.05) is 55.9 Å². The average molecular weight is 429 g/mol. The third kappa shape index (κ3) is 3.94. The minimum absolute atomic E-state index is 0.181. The van der Waals surface area contributed by atoms with Crippen LogP contribution in [0.3, 0.4) is 0 Å². The van der Waals surface area contributed by atoms with Crippen LogP contribution in [0.15, 0.2) is 24.5 Å². The molecular formula is C22H29ClN6O. The maximum atomic E-state index is 10.2.